The molecular formula is C19H14F3N3O2. The van der Waals surface area contributed by atoms with E-state index in [4.69, 9.17) is 0 Å². The van der Waals surface area contributed by atoms with Crippen molar-refractivity contribution < 1.29 is 18.0 Å². The number of halogens is 3. The van der Waals surface area contributed by atoms with Crippen molar-refractivity contribution in [1.29, 1.82) is 0 Å². The van der Waals surface area contributed by atoms with E-state index in [-0.39, 0.29) is 5.69 Å². The third kappa shape index (κ3) is 4.05. The highest BCUT2D eigenvalue weighted by Gasteiger charge is 2.30. The second kappa shape index (κ2) is 7.06. The predicted octanol–water partition coefficient (Wildman–Crippen LogP) is 3.81. The van der Waals surface area contributed by atoms with Crippen LogP contribution in [0.5, 0.6) is 0 Å². The summed E-state index contributed by atoms with van der Waals surface area (Å²) in [6, 6.07) is 12.5. The van der Waals surface area contributed by atoms with Crippen molar-refractivity contribution in [1.82, 2.24) is 9.78 Å². The van der Waals surface area contributed by atoms with Crippen molar-refractivity contribution >= 4 is 11.6 Å². The minimum atomic E-state index is -4.51. The van der Waals surface area contributed by atoms with Crippen LogP contribution in [0.4, 0.5) is 18.9 Å². The molecule has 3 aromatic rings. The average molecular weight is 373 g/mol. The zero-order valence-corrected chi connectivity index (χ0v) is 14.1. The summed E-state index contributed by atoms with van der Waals surface area (Å²) in [4.78, 5) is 24.5. The first-order valence-corrected chi connectivity index (χ1v) is 7.90. The van der Waals surface area contributed by atoms with Crippen LogP contribution in [-0.4, -0.2) is 15.7 Å². The van der Waals surface area contributed by atoms with Crippen molar-refractivity contribution in [3.05, 3.63) is 87.8 Å². The largest absolute Gasteiger partial charge is 0.416 e. The fraction of sp³-hybridized carbons (Fsp3) is 0.105. The molecular weight excluding hydrogens is 359 g/mol. The maximum atomic E-state index is 12.9. The van der Waals surface area contributed by atoms with E-state index in [1.807, 2.05) is 0 Å². The molecule has 1 N–H and O–H groups in total. The average Bonchev–Trinajstić information content (AvgIpc) is 2.63. The number of nitrogens with one attached hydrogen (secondary N) is 1. The van der Waals surface area contributed by atoms with Gasteiger partial charge in [0.25, 0.3) is 5.91 Å². The van der Waals surface area contributed by atoms with E-state index < -0.39 is 28.8 Å². The molecule has 0 radical (unpaired) electrons. The van der Waals surface area contributed by atoms with Gasteiger partial charge >= 0.3 is 6.18 Å². The van der Waals surface area contributed by atoms with E-state index in [9.17, 15) is 22.8 Å². The van der Waals surface area contributed by atoms with Crippen molar-refractivity contribution in [2.24, 2.45) is 0 Å². The number of anilines is 1. The number of amides is 1. The third-order valence-electron chi connectivity index (χ3n) is 3.85. The summed E-state index contributed by atoms with van der Waals surface area (Å²) >= 11 is 0. The molecule has 0 aliphatic carbocycles. The van der Waals surface area contributed by atoms with Crippen LogP contribution < -0.4 is 10.7 Å². The minimum Gasteiger partial charge on any atom is -0.320 e. The second-order valence-corrected chi connectivity index (χ2v) is 5.79. The number of aromatic nitrogens is 2. The molecule has 0 fully saturated rings. The Hall–Kier alpha value is -3.42. The first-order chi connectivity index (χ1) is 12.8. The van der Waals surface area contributed by atoms with Crippen LogP contribution >= 0.6 is 0 Å². The zero-order chi connectivity index (χ0) is 19.6. The molecule has 0 spiro atoms. The number of nitrogens with zero attached hydrogens (tertiary/aromatic N) is 2. The van der Waals surface area contributed by atoms with Gasteiger partial charge in [-0.25, -0.2) is 4.68 Å². The summed E-state index contributed by atoms with van der Waals surface area (Å²) in [5, 5.41) is 6.50. The van der Waals surface area contributed by atoms with E-state index in [1.54, 1.807) is 31.2 Å². The molecule has 0 aliphatic rings. The SMILES string of the molecule is Cc1ccccc1NC(=O)c1nn(-c2cccc(C(F)(F)F)c2)ccc1=O. The summed E-state index contributed by atoms with van der Waals surface area (Å²) in [5.74, 6) is -0.740. The van der Waals surface area contributed by atoms with Gasteiger partial charge in [0, 0.05) is 18.0 Å². The Kier molecular flexibility index (Phi) is 4.81. The van der Waals surface area contributed by atoms with Crippen LogP contribution in [-0.2, 0) is 6.18 Å². The highest BCUT2D eigenvalue weighted by molar-refractivity contribution is 6.03. The smallest absolute Gasteiger partial charge is 0.320 e. The molecule has 0 aliphatic heterocycles. The Labute approximate surface area is 152 Å². The third-order valence-corrected chi connectivity index (χ3v) is 3.85. The molecule has 0 bridgehead atoms. The van der Waals surface area contributed by atoms with Crippen LogP contribution in [0.25, 0.3) is 5.69 Å². The minimum absolute atomic E-state index is 0.0785. The maximum absolute atomic E-state index is 12.9. The van der Waals surface area contributed by atoms with Gasteiger partial charge in [-0.2, -0.15) is 18.3 Å². The molecule has 0 atom stereocenters. The van der Waals surface area contributed by atoms with Gasteiger partial charge in [-0.05, 0) is 36.8 Å². The molecule has 27 heavy (non-hydrogen) atoms. The number of carbonyl (C=O) groups is 1. The van der Waals surface area contributed by atoms with Gasteiger partial charge in [-0.3, -0.25) is 9.59 Å². The topological polar surface area (TPSA) is 64.0 Å². The zero-order valence-electron chi connectivity index (χ0n) is 14.1. The highest BCUT2D eigenvalue weighted by Crippen LogP contribution is 2.30. The molecule has 5 nitrogen and oxygen atoms in total. The van der Waals surface area contributed by atoms with E-state index in [0.29, 0.717) is 5.69 Å². The monoisotopic (exact) mass is 373 g/mol. The van der Waals surface area contributed by atoms with Gasteiger partial charge in [0.15, 0.2) is 5.69 Å². The van der Waals surface area contributed by atoms with Crippen molar-refractivity contribution in [3.8, 4) is 5.69 Å². The van der Waals surface area contributed by atoms with E-state index in [0.717, 1.165) is 28.4 Å². The molecule has 8 heteroatoms. The lowest BCUT2D eigenvalue weighted by atomic mass is 10.2. The number of hydrogen-bond donors (Lipinski definition) is 1. The molecule has 3 rings (SSSR count). The molecule has 138 valence electrons. The lowest BCUT2D eigenvalue weighted by Crippen LogP contribution is -2.25. The predicted molar refractivity (Wildman–Crippen MR) is 94.0 cm³/mol. The summed E-state index contributed by atoms with van der Waals surface area (Å²) < 4.78 is 39.7. The molecule has 1 aromatic heterocycles. The number of benzene rings is 2. The Morgan fingerprint density at radius 3 is 2.52 bits per heavy atom. The van der Waals surface area contributed by atoms with Gasteiger partial charge in [0.2, 0.25) is 5.43 Å². The number of carbonyl (C=O) groups excluding carboxylic acids is 1. The van der Waals surface area contributed by atoms with Crippen LogP contribution in [0.15, 0.2) is 65.6 Å². The fourth-order valence-electron chi connectivity index (χ4n) is 2.43. The Morgan fingerprint density at radius 1 is 1.07 bits per heavy atom. The number of para-hydroxylation sites is 1. The van der Waals surface area contributed by atoms with E-state index in [1.165, 1.54) is 18.3 Å². The van der Waals surface area contributed by atoms with Gasteiger partial charge in [-0.1, -0.05) is 24.3 Å². The Balaban J connectivity index is 1.97. The van der Waals surface area contributed by atoms with Crippen molar-refractivity contribution in [2.75, 3.05) is 5.32 Å². The van der Waals surface area contributed by atoms with Crippen molar-refractivity contribution in [2.45, 2.75) is 13.1 Å². The fourth-order valence-corrected chi connectivity index (χ4v) is 2.43. The van der Waals surface area contributed by atoms with Crippen LogP contribution in [0.1, 0.15) is 21.6 Å². The number of rotatable bonds is 3. The maximum Gasteiger partial charge on any atom is 0.416 e. The van der Waals surface area contributed by atoms with Crippen molar-refractivity contribution in [3.63, 3.8) is 0 Å². The van der Waals surface area contributed by atoms with Gasteiger partial charge in [0.05, 0.1) is 11.3 Å². The second-order valence-electron chi connectivity index (χ2n) is 5.79. The lowest BCUT2D eigenvalue weighted by Gasteiger charge is -2.11. The highest BCUT2D eigenvalue weighted by atomic mass is 19.4. The lowest BCUT2D eigenvalue weighted by molar-refractivity contribution is -0.137. The molecule has 0 unspecified atom stereocenters. The Morgan fingerprint density at radius 2 is 1.81 bits per heavy atom. The molecule has 2 aromatic carbocycles. The number of alkyl halides is 3. The summed E-state index contributed by atoms with van der Waals surface area (Å²) in [6.07, 6.45) is -3.30. The normalized spacial score (nSPS) is 11.3. The molecule has 0 saturated heterocycles. The number of aryl methyl sites for hydroxylation is 1. The standard InChI is InChI=1S/C19H14F3N3O2/c1-12-5-2-3-8-15(12)23-18(27)17-16(26)9-10-25(24-17)14-7-4-6-13(11-14)19(20,21)22/h2-11H,1H3,(H,23,27). The molecule has 1 amide bonds. The first kappa shape index (κ1) is 18.4. The van der Waals surface area contributed by atoms with Crippen LogP contribution in [0, 0.1) is 6.92 Å². The molecule has 0 saturated carbocycles. The number of hydrogen-bond acceptors (Lipinski definition) is 3. The Bertz CT molecular complexity index is 1060. The van der Waals surface area contributed by atoms with Crippen LogP contribution in [0.3, 0.4) is 0 Å². The van der Waals surface area contributed by atoms with E-state index in [2.05, 4.69) is 10.4 Å². The van der Waals surface area contributed by atoms with Gasteiger partial charge in [-0.15, -0.1) is 0 Å². The summed E-state index contributed by atoms with van der Waals surface area (Å²) in [7, 11) is 0. The quantitative estimate of drug-likeness (QED) is 0.759. The van der Waals surface area contributed by atoms with E-state index >= 15 is 0 Å². The first-order valence-electron chi connectivity index (χ1n) is 7.90. The van der Waals surface area contributed by atoms with Gasteiger partial charge in [0.1, 0.15) is 0 Å². The van der Waals surface area contributed by atoms with Crippen LogP contribution in [0.2, 0.25) is 0 Å². The summed E-state index contributed by atoms with van der Waals surface area (Å²) in [6.45, 7) is 1.79. The summed E-state index contributed by atoms with van der Waals surface area (Å²) in [5.41, 5.74) is -0.526. The molecule has 1 heterocycles. The van der Waals surface area contributed by atoms with Gasteiger partial charge < -0.3 is 5.32 Å².